The maximum atomic E-state index is 5.14. The summed E-state index contributed by atoms with van der Waals surface area (Å²) in [5.41, 5.74) is 2.19. The highest BCUT2D eigenvalue weighted by atomic mass is 16.5. The summed E-state index contributed by atoms with van der Waals surface area (Å²) in [5, 5.41) is 0. The number of nitrogens with zero attached hydrogens (tertiary/aromatic N) is 3. The van der Waals surface area contributed by atoms with Gasteiger partial charge < -0.3 is 9.30 Å². The molecule has 2 aromatic rings. The van der Waals surface area contributed by atoms with Gasteiger partial charge in [-0.25, -0.2) is 9.97 Å². The van der Waals surface area contributed by atoms with Gasteiger partial charge in [0.1, 0.15) is 11.3 Å². The monoisotopic (exact) mass is 261 g/mol. The van der Waals surface area contributed by atoms with E-state index in [4.69, 9.17) is 9.72 Å². The summed E-state index contributed by atoms with van der Waals surface area (Å²) in [6.45, 7) is 8.38. The molecule has 0 spiro atoms. The molecule has 0 radical (unpaired) electrons. The van der Waals surface area contributed by atoms with Crippen LogP contribution in [-0.4, -0.2) is 28.3 Å². The highest BCUT2D eigenvalue weighted by molar-refractivity contribution is 5.71. The molecule has 0 fully saturated rings. The van der Waals surface area contributed by atoms with Gasteiger partial charge in [0, 0.05) is 32.9 Å². The van der Waals surface area contributed by atoms with E-state index >= 15 is 0 Å². The van der Waals surface area contributed by atoms with Gasteiger partial charge in [-0.15, -0.1) is 0 Å². The van der Waals surface area contributed by atoms with Gasteiger partial charge >= 0.3 is 0 Å². The van der Waals surface area contributed by atoms with Gasteiger partial charge in [0.15, 0.2) is 5.65 Å². The van der Waals surface area contributed by atoms with E-state index in [9.17, 15) is 0 Å². The van der Waals surface area contributed by atoms with Crippen LogP contribution in [0.2, 0.25) is 0 Å². The predicted molar refractivity (Wildman–Crippen MR) is 77.2 cm³/mol. The maximum absolute atomic E-state index is 5.14. The van der Waals surface area contributed by atoms with Crippen molar-refractivity contribution in [2.45, 2.75) is 40.2 Å². The number of methoxy groups -OCH3 is 1. The average molecular weight is 261 g/mol. The molecule has 0 atom stereocenters. The topological polar surface area (TPSA) is 39.9 Å². The molecule has 4 nitrogen and oxygen atoms in total. The number of rotatable bonds is 5. The van der Waals surface area contributed by atoms with Gasteiger partial charge in [0.25, 0.3) is 0 Å². The van der Waals surface area contributed by atoms with Crippen molar-refractivity contribution in [2.75, 3.05) is 13.7 Å². The normalized spacial score (nSPS) is 12.2. The van der Waals surface area contributed by atoms with Crippen LogP contribution in [0, 0.1) is 5.41 Å². The molecule has 0 unspecified atom stereocenters. The van der Waals surface area contributed by atoms with Gasteiger partial charge in [-0.05, 0) is 24.0 Å². The average Bonchev–Trinajstić information content (AvgIpc) is 2.65. The first kappa shape index (κ1) is 14.0. The molecule has 0 aliphatic heterocycles. The number of ether oxygens (including phenoxy) is 1. The molecule has 4 heteroatoms. The van der Waals surface area contributed by atoms with Gasteiger partial charge in [-0.2, -0.15) is 0 Å². The lowest BCUT2D eigenvalue weighted by Crippen LogP contribution is -2.15. The molecule has 2 aromatic heterocycles. The highest BCUT2D eigenvalue weighted by Gasteiger charge is 2.18. The lowest BCUT2D eigenvalue weighted by molar-refractivity contribution is 0.190. The number of hydrogen-bond acceptors (Lipinski definition) is 3. The van der Waals surface area contributed by atoms with E-state index in [-0.39, 0.29) is 5.41 Å². The zero-order chi connectivity index (χ0) is 13.9. The van der Waals surface area contributed by atoms with Crippen molar-refractivity contribution in [2.24, 2.45) is 5.41 Å². The van der Waals surface area contributed by atoms with Crippen molar-refractivity contribution in [1.29, 1.82) is 0 Å². The highest BCUT2D eigenvalue weighted by Crippen LogP contribution is 2.23. The Morgan fingerprint density at radius 3 is 2.79 bits per heavy atom. The van der Waals surface area contributed by atoms with Crippen LogP contribution in [0.25, 0.3) is 11.2 Å². The second-order valence-electron chi connectivity index (χ2n) is 6.11. The van der Waals surface area contributed by atoms with E-state index in [1.807, 2.05) is 18.3 Å². The molecule has 0 saturated carbocycles. The maximum Gasteiger partial charge on any atom is 0.159 e. The minimum absolute atomic E-state index is 0.223. The van der Waals surface area contributed by atoms with Crippen LogP contribution in [-0.2, 0) is 17.7 Å². The van der Waals surface area contributed by atoms with Crippen LogP contribution in [0.3, 0.4) is 0 Å². The van der Waals surface area contributed by atoms with Crippen molar-refractivity contribution >= 4 is 11.2 Å². The molecular formula is C15H23N3O. The summed E-state index contributed by atoms with van der Waals surface area (Å²) in [4.78, 5) is 9.21. The SMILES string of the molecule is COCCCn1c(CC(C)(C)C)nc2cccnc21. The van der Waals surface area contributed by atoms with Crippen LogP contribution in [0.15, 0.2) is 18.3 Å². The Balaban J connectivity index is 2.34. The Labute approximate surface area is 114 Å². The fourth-order valence-electron chi connectivity index (χ4n) is 2.22. The number of aryl methyl sites for hydroxylation is 1. The second-order valence-corrected chi connectivity index (χ2v) is 6.11. The third kappa shape index (κ3) is 3.53. The van der Waals surface area contributed by atoms with Crippen LogP contribution in [0.5, 0.6) is 0 Å². The van der Waals surface area contributed by atoms with Crippen LogP contribution in [0.4, 0.5) is 0 Å². The molecule has 104 valence electrons. The van der Waals surface area contributed by atoms with Crippen molar-refractivity contribution in [3.05, 3.63) is 24.2 Å². The van der Waals surface area contributed by atoms with Gasteiger partial charge in [0.2, 0.25) is 0 Å². The standard InChI is InChI=1S/C15H23N3O/c1-15(2,3)11-13-17-12-7-5-8-16-14(12)18(13)9-6-10-19-4/h5,7-8H,6,9-11H2,1-4H3. The zero-order valence-electron chi connectivity index (χ0n) is 12.3. The van der Waals surface area contributed by atoms with Gasteiger partial charge in [-0.1, -0.05) is 20.8 Å². The number of imidazole rings is 1. The molecule has 0 bridgehead atoms. The van der Waals surface area contributed by atoms with E-state index in [1.54, 1.807) is 7.11 Å². The smallest absolute Gasteiger partial charge is 0.159 e. The summed E-state index contributed by atoms with van der Waals surface area (Å²) < 4.78 is 7.37. The molecule has 19 heavy (non-hydrogen) atoms. The summed E-state index contributed by atoms with van der Waals surface area (Å²) in [7, 11) is 1.74. The minimum Gasteiger partial charge on any atom is -0.385 e. The van der Waals surface area contributed by atoms with Crippen LogP contribution < -0.4 is 0 Å². The molecule has 0 amide bonds. The first-order valence-electron chi connectivity index (χ1n) is 6.80. The van der Waals surface area contributed by atoms with Crippen molar-refractivity contribution in [3.8, 4) is 0 Å². The number of aromatic nitrogens is 3. The van der Waals surface area contributed by atoms with Gasteiger partial charge in [0.05, 0.1) is 0 Å². The first-order valence-corrected chi connectivity index (χ1v) is 6.80. The molecule has 0 N–H and O–H groups in total. The Morgan fingerprint density at radius 2 is 2.11 bits per heavy atom. The Morgan fingerprint density at radius 1 is 1.32 bits per heavy atom. The summed E-state index contributed by atoms with van der Waals surface area (Å²) in [6.07, 6.45) is 3.77. The molecular weight excluding hydrogens is 238 g/mol. The molecule has 2 rings (SSSR count). The van der Waals surface area contributed by atoms with E-state index in [2.05, 4.69) is 30.3 Å². The number of hydrogen-bond donors (Lipinski definition) is 0. The molecule has 0 saturated heterocycles. The van der Waals surface area contributed by atoms with Crippen molar-refractivity contribution < 1.29 is 4.74 Å². The summed E-state index contributed by atoms with van der Waals surface area (Å²) >= 11 is 0. The molecule has 0 aromatic carbocycles. The predicted octanol–water partition coefficient (Wildman–Crippen LogP) is 3.06. The largest absolute Gasteiger partial charge is 0.385 e. The fraction of sp³-hybridized carbons (Fsp3) is 0.600. The second kappa shape index (κ2) is 5.70. The van der Waals surface area contributed by atoms with Crippen LogP contribution >= 0.6 is 0 Å². The summed E-state index contributed by atoms with van der Waals surface area (Å²) in [5.74, 6) is 1.12. The lowest BCUT2D eigenvalue weighted by Gasteiger charge is -2.18. The number of pyridine rings is 1. The Bertz CT molecular complexity index is 540. The third-order valence-corrected chi connectivity index (χ3v) is 3.00. The number of fused-ring (bicyclic) bond motifs is 1. The fourth-order valence-corrected chi connectivity index (χ4v) is 2.22. The van der Waals surface area contributed by atoms with Gasteiger partial charge in [-0.3, -0.25) is 0 Å². The zero-order valence-corrected chi connectivity index (χ0v) is 12.3. The van der Waals surface area contributed by atoms with E-state index in [0.29, 0.717) is 0 Å². The van der Waals surface area contributed by atoms with E-state index < -0.39 is 0 Å². The Hall–Kier alpha value is -1.42. The van der Waals surface area contributed by atoms with Crippen LogP contribution in [0.1, 0.15) is 33.0 Å². The first-order chi connectivity index (χ1) is 9.01. The van der Waals surface area contributed by atoms with Crippen molar-refractivity contribution in [3.63, 3.8) is 0 Å². The van der Waals surface area contributed by atoms with E-state index in [0.717, 1.165) is 43.0 Å². The van der Waals surface area contributed by atoms with Crippen molar-refractivity contribution in [1.82, 2.24) is 14.5 Å². The molecule has 2 heterocycles. The molecule has 0 aliphatic carbocycles. The lowest BCUT2D eigenvalue weighted by atomic mass is 9.92. The summed E-state index contributed by atoms with van der Waals surface area (Å²) in [6, 6.07) is 3.97. The minimum atomic E-state index is 0.223. The quantitative estimate of drug-likeness (QED) is 0.777. The Kier molecular flexibility index (Phi) is 4.20. The third-order valence-electron chi connectivity index (χ3n) is 3.00. The molecule has 0 aliphatic rings. The van der Waals surface area contributed by atoms with E-state index in [1.165, 1.54) is 0 Å².